The molecule has 0 radical (unpaired) electrons. The Labute approximate surface area is 150 Å². The third-order valence-electron chi connectivity index (χ3n) is 4.67. The molecule has 1 aromatic carbocycles. The van der Waals surface area contributed by atoms with E-state index in [1.807, 2.05) is 12.1 Å². The number of carbonyl (C=O) groups excluding carboxylic acids is 1. The molecule has 6 heteroatoms. The van der Waals surface area contributed by atoms with Gasteiger partial charge in [-0.25, -0.2) is 9.37 Å². The molecular formula is C20H20FN3O2. The van der Waals surface area contributed by atoms with Gasteiger partial charge >= 0.3 is 0 Å². The van der Waals surface area contributed by atoms with Crippen molar-refractivity contribution in [3.05, 3.63) is 65.6 Å². The standard InChI is InChI=1S/C20H20FN3O2/c21-15-7-4-6-14(12-15)19-23-18(17-9-2-1-3-10-24(17)19)20(25)22-13-16-8-5-11-26-16/h4-8,11-12H,1-3,9-10,13H2,(H,22,25). The average molecular weight is 353 g/mol. The molecule has 5 nitrogen and oxygen atoms in total. The van der Waals surface area contributed by atoms with Gasteiger partial charge in [0.05, 0.1) is 18.5 Å². The molecule has 2 aromatic heterocycles. The fraction of sp³-hybridized carbons (Fsp3) is 0.300. The molecule has 3 heterocycles. The molecule has 0 saturated carbocycles. The first kappa shape index (κ1) is 16.6. The topological polar surface area (TPSA) is 60.1 Å². The number of fused-ring (bicyclic) bond motifs is 1. The van der Waals surface area contributed by atoms with E-state index in [9.17, 15) is 9.18 Å². The number of nitrogens with zero attached hydrogens (tertiary/aromatic N) is 2. The van der Waals surface area contributed by atoms with Gasteiger partial charge in [0.2, 0.25) is 0 Å². The molecule has 0 atom stereocenters. The Morgan fingerprint density at radius 2 is 2.15 bits per heavy atom. The summed E-state index contributed by atoms with van der Waals surface area (Å²) in [6.45, 7) is 1.10. The predicted molar refractivity (Wildman–Crippen MR) is 95.1 cm³/mol. The molecule has 134 valence electrons. The Balaban J connectivity index is 1.69. The number of benzene rings is 1. The minimum atomic E-state index is -0.308. The van der Waals surface area contributed by atoms with Crippen LogP contribution in [0.25, 0.3) is 11.4 Å². The van der Waals surface area contributed by atoms with Gasteiger partial charge in [-0.1, -0.05) is 18.6 Å². The summed E-state index contributed by atoms with van der Waals surface area (Å²) in [5.41, 5.74) is 2.05. The Kier molecular flexibility index (Phi) is 4.56. The van der Waals surface area contributed by atoms with Crippen molar-refractivity contribution >= 4 is 5.91 Å². The number of hydrogen-bond acceptors (Lipinski definition) is 3. The number of imidazole rings is 1. The number of aromatic nitrogens is 2. The predicted octanol–water partition coefficient (Wildman–Crippen LogP) is 3.94. The summed E-state index contributed by atoms with van der Waals surface area (Å²) < 4.78 is 21.0. The molecule has 1 amide bonds. The Bertz CT molecular complexity index is 915. The van der Waals surface area contributed by atoms with Gasteiger partial charge in [0.25, 0.3) is 5.91 Å². The normalized spacial score (nSPS) is 13.9. The van der Waals surface area contributed by atoms with Crippen LogP contribution >= 0.6 is 0 Å². The molecule has 1 N–H and O–H groups in total. The summed E-state index contributed by atoms with van der Waals surface area (Å²) in [4.78, 5) is 17.3. The highest BCUT2D eigenvalue weighted by Crippen LogP contribution is 2.27. The van der Waals surface area contributed by atoms with Crippen LogP contribution in [0.15, 0.2) is 47.1 Å². The van der Waals surface area contributed by atoms with E-state index in [0.29, 0.717) is 29.4 Å². The highest BCUT2D eigenvalue weighted by Gasteiger charge is 2.24. The Hall–Kier alpha value is -2.89. The number of hydrogen-bond donors (Lipinski definition) is 1. The summed E-state index contributed by atoms with van der Waals surface area (Å²) in [6, 6.07) is 9.96. The third-order valence-corrected chi connectivity index (χ3v) is 4.67. The van der Waals surface area contributed by atoms with Crippen LogP contribution in [-0.4, -0.2) is 15.5 Å². The van der Waals surface area contributed by atoms with Gasteiger partial charge < -0.3 is 14.3 Å². The fourth-order valence-corrected chi connectivity index (χ4v) is 3.41. The van der Waals surface area contributed by atoms with E-state index in [-0.39, 0.29) is 11.7 Å². The zero-order chi connectivity index (χ0) is 17.9. The van der Waals surface area contributed by atoms with E-state index >= 15 is 0 Å². The first-order valence-electron chi connectivity index (χ1n) is 8.88. The first-order chi connectivity index (χ1) is 12.7. The number of rotatable bonds is 4. The number of amides is 1. The van der Waals surface area contributed by atoms with Gasteiger partial charge in [-0.2, -0.15) is 0 Å². The highest BCUT2D eigenvalue weighted by molar-refractivity contribution is 5.94. The van der Waals surface area contributed by atoms with Gasteiger partial charge in [-0.05, 0) is 43.5 Å². The van der Waals surface area contributed by atoms with Crippen molar-refractivity contribution in [2.75, 3.05) is 0 Å². The monoisotopic (exact) mass is 353 g/mol. The van der Waals surface area contributed by atoms with Crippen molar-refractivity contribution in [1.82, 2.24) is 14.9 Å². The highest BCUT2D eigenvalue weighted by atomic mass is 19.1. The summed E-state index contributed by atoms with van der Waals surface area (Å²) >= 11 is 0. The molecule has 1 aliphatic heterocycles. The molecule has 1 aliphatic rings. The van der Waals surface area contributed by atoms with E-state index in [1.165, 1.54) is 12.1 Å². The molecule has 0 bridgehead atoms. The van der Waals surface area contributed by atoms with Gasteiger partial charge in [-0.3, -0.25) is 4.79 Å². The summed E-state index contributed by atoms with van der Waals surface area (Å²) in [5, 5.41) is 2.87. The SMILES string of the molecule is O=C(NCc1ccco1)c1nc(-c2cccc(F)c2)n2c1CCCCC2. The van der Waals surface area contributed by atoms with Crippen LogP contribution in [0.2, 0.25) is 0 Å². The number of nitrogens with one attached hydrogen (secondary N) is 1. The minimum absolute atomic E-state index is 0.227. The number of furan rings is 1. The quantitative estimate of drug-likeness (QED) is 0.773. The van der Waals surface area contributed by atoms with Crippen LogP contribution < -0.4 is 5.32 Å². The summed E-state index contributed by atoms with van der Waals surface area (Å²) in [6.07, 6.45) is 5.53. The summed E-state index contributed by atoms with van der Waals surface area (Å²) in [7, 11) is 0. The van der Waals surface area contributed by atoms with Crippen molar-refractivity contribution < 1.29 is 13.6 Å². The van der Waals surface area contributed by atoms with Crippen molar-refractivity contribution in [2.24, 2.45) is 0 Å². The lowest BCUT2D eigenvalue weighted by Crippen LogP contribution is -2.24. The van der Waals surface area contributed by atoms with E-state index in [4.69, 9.17) is 4.42 Å². The van der Waals surface area contributed by atoms with Crippen molar-refractivity contribution in [3.63, 3.8) is 0 Å². The lowest BCUT2D eigenvalue weighted by Gasteiger charge is -2.09. The Morgan fingerprint density at radius 1 is 1.23 bits per heavy atom. The molecule has 0 aliphatic carbocycles. The molecule has 3 aromatic rings. The lowest BCUT2D eigenvalue weighted by atomic mass is 10.1. The zero-order valence-electron chi connectivity index (χ0n) is 14.4. The Morgan fingerprint density at radius 3 is 2.96 bits per heavy atom. The third kappa shape index (κ3) is 3.27. The smallest absolute Gasteiger partial charge is 0.272 e. The van der Waals surface area contributed by atoms with Crippen molar-refractivity contribution in [2.45, 2.75) is 38.8 Å². The van der Waals surface area contributed by atoms with Gasteiger partial charge in [0, 0.05) is 12.1 Å². The minimum Gasteiger partial charge on any atom is -0.467 e. The van der Waals surface area contributed by atoms with Gasteiger partial charge in [0.15, 0.2) is 0 Å². The van der Waals surface area contributed by atoms with Gasteiger partial charge in [0.1, 0.15) is 23.1 Å². The lowest BCUT2D eigenvalue weighted by molar-refractivity contribution is 0.0942. The van der Waals surface area contributed by atoms with Crippen molar-refractivity contribution in [3.8, 4) is 11.4 Å². The average Bonchev–Trinajstić information content (AvgIpc) is 3.22. The molecule has 26 heavy (non-hydrogen) atoms. The maximum absolute atomic E-state index is 13.7. The summed E-state index contributed by atoms with van der Waals surface area (Å²) in [5.74, 6) is 0.811. The van der Waals surface area contributed by atoms with Crippen LogP contribution in [0, 0.1) is 5.82 Å². The molecular weight excluding hydrogens is 333 g/mol. The molecule has 4 rings (SSSR count). The molecule has 0 unspecified atom stereocenters. The fourth-order valence-electron chi connectivity index (χ4n) is 3.41. The van der Waals surface area contributed by atoms with E-state index in [0.717, 1.165) is 37.9 Å². The number of carbonyl (C=O) groups is 1. The van der Waals surface area contributed by atoms with Crippen LogP contribution in [0.5, 0.6) is 0 Å². The maximum Gasteiger partial charge on any atom is 0.272 e. The van der Waals surface area contributed by atoms with E-state index < -0.39 is 0 Å². The van der Waals surface area contributed by atoms with Crippen LogP contribution in [-0.2, 0) is 19.5 Å². The number of halogens is 1. The molecule has 0 spiro atoms. The van der Waals surface area contributed by atoms with E-state index in [1.54, 1.807) is 18.4 Å². The van der Waals surface area contributed by atoms with Gasteiger partial charge in [-0.15, -0.1) is 0 Å². The van der Waals surface area contributed by atoms with Crippen LogP contribution in [0.1, 0.15) is 41.2 Å². The van der Waals surface area contributed by atoms with Crippen LogP contribution in [0.4, 0.5) is 4.39 Å². The van der Waals surface area contributed by atoms with Crippen molar-refractivity contribution in [1.29, 1.82) is 0 Å². The second kappa shape index (κ2) is 7.15. The van der Waals surface area contributed by atoms with E-state index in [2.05, 4.69) is 14.9 Å². The van der Waals surface area contributed by atoms with Crippen LogP contribution in [0.3, 0.4) is 0 Å². The molecule has 0 saturated heterocycles. The zero-order valence-corrected chi connectivity index (χ0v) is 14.4. The largest absolute Gasteiger partial charge is 0.467 e. The maximum atomic E-state index is 13.7. The molecule has 0 fully saturated rings. The second-order valence-corrected chi connectivity index (χ2v) is 6.47. The first-order valence-corrected chi connectivity index (χ1v) is 8.88. The second-order valence-electron chi connectivity index (χ2n) is 6.47.